The van der Waals surface area contributed by atoms with E-state index in [0.717, 1.165) is 16.6 Å². The van der Waals surface area contributed by atoms with Crippen LogP contribution in [0, 0.1) is 0 Å². The Kier molecular flexibility index (Phi) is 3.03. The highest BCUT2D eigenvalue weighted by Gasteiger charge is 2.12. The summed E-state index contributed by atoms with van der Waals surface area (Å²) in [6.07, 6.45) is 0. The zero-order valence-corrected chi connectivity index (χ0v) is 11.6. The number of H-pyrrole nitrogens is 1. The number of benzene rings is 2. The molecular formula is C17H16N2O. The van der Waals surface area contributed by atoms with Crippen molar-refractivity contribution in [3.63, 3.8) is 0 Å². The van der Waals surface area contributed by atoms with Gasteiger partial charge in [-0.05, 0) is 36.4 Å². The first kappa shape index (κ1) is 12.5. The molecule has 0 aliphatic carbocycles. The largest absolute Gasteiger partial charge is 0.378 e. The van der Waals surface area contributed by atoms with Crippen molar-refractivity contribution < 1.29 is 4.79 Å². The fraction of sp³-hybridized carbons (Fsp3) is 0.118. The molecule has 1 N–H and O–H groups in total. The number of aromatic nitrogens is 1. The van der Waals surface area contributed by atoms with E-state index in [1.165, 1.54) is 0 Å². The zero-order valence-electron chi connectivity index (χ0n) is 11.6. The lowest BCUT2D eigenvalue weighted by atomic mass is 10.1. The highest BCUT2D eigenvalue weighted by atomic mass is 16.1. The maximum atomic E-state index is 12.5. The molecule has 1 heterocycles. The molecule has 0 radical (unpaired) electrons. The van der Waals surface area contributed by atoms with Crippen molar-refractivity contribution in [2.75, 3.05) is 19.0 Å². The van der Waals surface area contributed by atoms with Gasteiger partial charge in [0.25, 0.3) is 0 Å². The van der Waals surface area contributed by atoms with Gasteiger partial charge in [-0.25, -0.2) is 0 Å². The van der Waals surface area contributed by atoms with E-state index < -0.39 is 0 Å². The number of hydrogen-bond donors (Lipinski definition) is 1. The van der Waals surface area contributed by atoms with Crippen LogP contribution in [0.3, 0.4) is 0 Å². The van der Waals surface area contributed by atoms with Crippen molar-refractivity contribution in [2.45, 2.75) is 0 Å². The summed E-state index contributed by atoms with van der Waals surface area (Å²) in [4.78, 5) is 17.6. The molecular weight excluding hydrogens is 248 g/mol. The van der Waals surface area contributed by atoms with Crippen molar-refractivity contribution in [1.29, 1.82) is 0 Å². The van der Waals surface area contributed by atoms with Crippen molar-refractivity contribution in [1.82, 2.24) is 4.98 Å². The normalized spacial score (nSPS) is 10.7. The van der Waals surface area contributed by atoms with Crippen LogP contribution in [-0.4, -0.2) is 24.9 Å². The molecule has 2 aromatic carbocycles. The number of anilines is 1. The van der Waals surface area contributed by atoms with Gasteiger partial charge in [0.2, 0.25) is 5.78 Å². The molecule has 0 spiro atoms. The Morgan fingerprint density at radius 3 is 2.35 bits per heavy atom. The van der Waals surface area contributed by atoms with Crippen LogP contribution in [0.5, 0.6) is 0 Å². The van der Waals surface area contributed by atoms with E-state index in [2.05, 4.69) is 4.98 Å². The second-order valence-electron chi connectivity index (χ2n) is 5.04. The fourth-order valence-corrected chi connectivity index (χ4v) is 2.26. The van der Waals surface area contributed by atoms with Crippen LogP contribution in [0.1, 0.15) is 16.1 Å². The standard InChI is InChI=1S/C17H16N2O/c1-19(2)14-9-7-12(8-10-14)17(20)16-11-13-5-3-4-6-15(13)18-16/h3-11,18H,1-2H3. The summed E-state index contributed by atoms with van der Waals surface area (Å²) in [6, 6.07) is 17.4. The van der Waals surface area contributed by atoms with Crippen molar-refractivity contribution in [3.8, 4) is 0 Å². The number of para-hydroxylation sites is 1. The predicted octanol–water partition coefficient (Wildman–Crippen LogP) is 3.46. The molecule has 3 aromatic rings. The second kappa shape index (κ2) is 4.85. The quantitative estimate of drug-likeness (QED) is 0.735. The minimum Gasteiger partial charge on any atom is -0.378 e. The van der Waals surface area contributed by atoms with Gasteiger partial charge in [-0.3, -0.25) is 4.79 Å². The maximum absolute atomic E-state index is 12.5. The van der Waals surface area contributed by atoms with Gasteiger partial charge in [0.15, 0.2) is 0 Å². The Bertz CT molecular complexity index is 721. The third-order valence-corrected chi connectivity index (χ3v) is 3.42. The van der Waals surface area contributed by atoms with Crippen LogP contribution >= 0.6 is 0 Å². The Labute approximate surface area is 117 Å². The van der Waals surface area contributed by atoms with Crippen molar-refractivity contribution in [2.24, 2.45) is 0 Å². The van der Waals surface area contributed by atoms with Crippen LogP contribution in [0.4, 0.5) is 5.69 Å². The number of nitrogens with one attached hydrogen (secondary N) is 1. The van der Waals surface area contributed by atoms with E-state index in [1.807, 2.05) is 73.6 Å². The summed E-state index contributed by atoms with van der Waals surface area (Å²) in [6.45, 7) is 0. The van der Waals surface area contributed by atoms with Gasteiger partial charge in [0.05, 0.1) is 5.69 Å². The minimum atomic E-state index is 0.0199. The van der Waals surface area contributed by atoms with E-state index in [1.54, 1.807) is 0 Å². The van der Waals surface area contributed by atoms with Gasteiger partial charge < -0.3 is 9.88 Å². The van der Waals surface area contributed by atoms with Gasteiger partial charge >= 0.3 is 0 Å². The summed E-state index contributed by atoms with van der Waals surface area (Å²) >= 11 is 0. The summed E-state index contributed by atoms with van der Waals surface area (Å²) in [5.74, 6) is 0.0199. The molecule has 0 amide bonds. The van der Waals surface area contributed by atoms with E-state index in [-0.39, 0.29) is 5.78 Å². The lowest BCUT2D eigenvalue weighted by Gasteiger charge is -2.12. The monoisotopic (exact) mass is 264 g/mol. The van der Waals surface area contributed by atoms with Crippen LogP contribution in [0.2, 0.25) is 0 Å². The summed E-state index contributed by atoms with van der Waals surface area (Å²) in [5.41, 5.74) is 3.39. The first-order chi connectivity index (χ1) is 9.65. The van der Waals surface area contributed by atoms with E-state index >= 15 is 0 Å². The predicted molar refractivity (Wildman–Crippen MR) is 82.5 cm³/mol. The van der Waals surface area contributed by atoms with Gasteiger partial charge in [0.1, 0.15) is 0 Å². The minimum absolute atomic E-state index is 0.0199. The Morgan fingerprint density at radius 1 is 1.00 bits per heavy atom. The van der Waals surface area contributed by atoms with Crippen LogP contribution < -0.4 is 4.90 Å². The second-order valence-corrected chi connectivity index (χ2v) is 5.04. The third kappa shape index (κ3) is 2.18. The number of hydrogen-bond acceptors (Lipinski definition) is 2. The molecule has 0 atom stereocenters. The Morgan fingerprint density at radius 2 is 1.70 bits per heavy atom. The molecule has 100 valence electrons. The molecule has 3 nitrogen and oxygen atoms in total. The molecule has 1 aromatic heterocycles. The number of fused-ring (bicyclic) bond motifs is 1. The molecule has 3 heteroatoms. The molecule has 0 saturated carbocycles. The number of carbonyl (C=O) groups excluding carboxylic acids is 1. The molecule has 0 aliphatic heterocycles. The van der Waals surface area contributed by atoms with E-state index in [9.17, 15) is 4.79 Å². The van der Waals surface area contributed by atoms with E-state index in [0.29, 0.717) is 11.3 Å². The van der Waals surface area contributed by atoms with Crippen LogP contribution in [0.25, 0.3) is 10.9 Å². The SMILES string of the molecule is CN(C)c1ccc(C(=O)c2cc3ccccc3[nH]2)cc1. The highest BCUT2D eigenvalue weighted by Crippen LogP contribution is 2.19. The van der Waals surface area contributed by atoms with Gasteiger partial charge in [-0.15, -0.1) is 0 Å². The topological polar surface area (TPSA) is 36.1 Å². The number of aromatic amines is 1. The number of nitrogens with zero attached hydrogens (tertiary/aromatic N) is 1. The Balaban J connectivity index is 1.95. The molecule has 0 aliphatic rings. The number of carbonyl (C=O) groups is 1. The lowest BCUT2D eigenvalue weighted by molar-refractivity contribution is 0.103. The molecule has 20 heavy (non-hydrogen) atoms. The van der Waals surface area contributed by atoms with E-state index in [4.69, 9.17) is 0 Å². The third-order valence-electron chi connectivity index (χ3n) is 3.42. The molecule has 3 rings (SSSR count). The van der Waals surface area contributed by atoms with Gasteiger partial charge in [0, 0.05) is 36.2 Å². The summed E-state index contributed by atoms with van der Waals surface area (Å²) in [7, 11) is 3.96. The van der Waals surface area contributed by atoms with Crippen molar-refractivity contribution >= 4 is 22.4 Å². The van der Waals surface area contributed by atoms with Gasteiger partial charge in [-0.1, -0.05) is 18.2 Å². The fourth-order valence-electron chi connectivity index (χ4n) is 2.26. The highest BCUT2D eigenvalue weighted by molar-refractivity contribution is 6.10. The molecule has 0 bridgehead atoms. The number of ketones is 1. The van der Waals surface area contributed by atoms with Crippen LogP contribution in [0.15, 0.2) is 54.6 Å². The smallest absolute Gasteiger partial charge is 0.209 e. The van der Waals surface area contributed by atoms with Crippen LogP contribution in [-0.2, 0) is 0 Å². The van der Waals surface area contributed by atoms with Gasteiger partial charge in [-0.2, -0.15) is 0 Å². The lowest BCUT2D eigenvalue weighted by Crippen LogP contribution is -2.09. The molecule has 0 saturated heterocycles. The van der Waals surface area contributed by atoms with Crippen molar-refractivity contribution in [3.05, 3.63) is 65.9 Å². The Hall–Kier alpha value is -2.55. The zero-order chi connectivity index (χ0) is 14.1. The average Bonchev–Trinajstić information content (AvgIpc) is 2.90. The maximum Gasteiger partial charge on any atom is 0.209 e. The first-order valence-electron chi connectivity index (χ1n) is 6.55. The first-order valence-corrected chi connectivity index (χ1v) is 6.55. The molecule has 0 unspecified atom stereocenters. The summed E-state index contributed by atoms with van der Waals surface area (Å²) in [5, 5.41) is 1.06. The molecule has 0 fully saturated rings. The summed E-state index contributed by atoms with van der Waals surface area (Å²) < 4.78 is 0. The number of rotatable bonds is 3. The average molecular weight is 264 g/mol.